The van der Waals surface area contributed by atoms with Crippen molar-refractivity contribution in [3.05, 3.63) is 35.9 Å². The van der Waals surface area contributed by atoms with E-state index in [1.807, 2.05) is 49.2 Å². The van der Waals surface area contributed by atoms with Gasteiger partial charge >= 0.3 is 0 Å². The van der Waals surface area contributed by atoms with Crippen molar-refractivity contribution in [1.29, 1.82) is 0 Å². The van der Waals surface area contributed by atoms with Gasteiger partial charge in [0.2, 0.25) is 11.8 Å². The SMILES string of the molecule is CC(=O)N1C(=O)CC(C)(C)N1Cc1ccccc1. The molecule has 0 aliphatic carbocycles. The van der Waals surface area contributed by atoms with Crippen LogP contribution in [0.2, 0.25) is 0 Å². The van der Waals surface area contributed by atoms with E-state index in [4.69, 9.17) is 0 Å². The lowest BCUT2D eigenvalue weighted by Gasteiger charge is -2.34. The Morgan fingerprint density at radius 1 is 1.28 bits per heavy atom. The highest BCUT2D eigenvalue weighted by molar-refractivity contribution is 5.95. The summed E-state index contributed by atoms with van der Waals surface area (Å²) in [5, 5.41) is 3.12. The molecule has 1 heterocycles. The van der Waals surface area contributed by atoms with E-state index in [1.165, 1.54) is 11.9 Å². The van der Waals surface area contributed by atoms with E-state index < -0.39 is 0 Å². The van der Waals surface area contributed by atoms with Gasteiger partial charge in [0.1, 0.15) is 0 Å². The first kappa shape index (κ1) is 12.8. The van der Waals surface area contributed by atoms with Crippen molar-refractivity contribution < 1.29 is 9.59 Å². The Labute approximate surface area is 107 Å². The molecule has 18 heavy (non-hydrogen) atoms. The zero-order chi connectivity index (χ0) is 13.3. The van der Waals surface area contributed by atoms with Crippen molar-refractivity contribution in [2.24, 2.45) is 0 Å². The third kappa shape index (κ3) is 2.29. The molecule has 1 saturated heterocycles. The van der Waals surface area contributed by atoms with Gasteiger partial charge in [-0.15, -0.1) is 0 Å². The topological polar surface area (TPSA) is 40.6 Å². The van der Waals surface area contributed by atoms with Crippen molar-refractivity contribution in [2.75, 3.05) is 0 Å². The molecule has 1 aliphatic rings. The standard InChI is InChI=1S/C14H18N2O2/c1-11(17)16-13(18)9-14(2,3)15(16)10-12-7-5-4-6-8-12/h4-8H,9-10H2,1-3H3. The van der Waals surface area contributed by atoms with Gasteiger partial charge in [0, 0.05) is 25.4 Å². The normalized spacial score (nSPS) is 19.3. The molecule has 1 aliphatic heterocycles. The minimum Gasteiger partial charge on any atom is -0.273 e. The van der Waals surface area contributed by atoms with Crippen LogP contribution in [0.4, 0.5) is 0 Å². The van der Waals surface area contributed by atoms with Gasteiger partial charge in [0.05, 0.1) is 0 Å². The smallest absolute Gasteiger partial charge is 0.245 e. The molecular weight excluding hydrogens is 228 g/mol. The molecule has 1 aromatic rings. The summed E-state index contributed by atoms with van der Waals surface area (Å²) in [6, 6.07) is 9.86. The number of carbonyl (C=O) groups excluding carboxylic acids is 2. The van der Waals surface area contributed by atoms with Crippen molar-refractivity contribution in [3.8, 4) is 0 Å². The zero-order valence-electron chi connectivity index (χ0n) is 11.0. The maximum absolute atomic E-state index is 11.9. The Bertz CT molecular complexity index is 468. The van der Waals surface area contributed by atoms with Gasteiger partial charge in [-0.25, -0.2) is 10.0 Å². The Morgan fingerprint density at radius 3 is 2.44 bits per heavy atom. The summed E-state index contributed by atoms with van der Waals surface area (Å²) in [5.74, 6) is -0.343. The molecule has 96 valence electrons. The monoisotopic (exact) mass is 246 g/mol. The molecule has 0 N–H and O–H groups in total. The minimum atomic E-state index is -0.321. The number of hydrogen-bond donors (Lipinski definition) is 0. The van der Waals surface area contributed by atoms with Crippen LogP contribution in [-0.2, 0) is 16.1 Å². The van der Waals surface area contributed by atoms with Crippen molar-refractivity contribution >= 4 is 11.8 Å². The van der Waals surface area contributed by atoms with E-state index in [-0.39, 0.29) is 17.4 Å². The van der Waals surface area contributed by atoms with E-state index in [0.29, 0.717) is 13.0 Å². The summed E-state index contributed by atoms with van der Waals surface area (Å²) >= 11 is 0. The summed E-state index contributed by atoms with van der Waals surface area (Å²) in [5.41, 5.74) is 0.769. The van der Waals surface area contributed by atoms with Crippen LogP contribution in [0.15, 0.2) is 30.3 Å². The van der Waals surface area contributed by atoms with Crippen LogP contribution in [0.5, 0.6) is 0 Å². The largest absolute Gasteiger partial charge is 0.273 e. The molecule has 1 fully saturated rings. The van der Waals surface area contributed by atoms with Gasteiger partial charge in [-0.05, 0) is 19.4 Å². The van der Waals surface area contributed by atoms with Crippen LogP contribution in [0.25, 0.3) is 0 Å². The fraction of sp³-hybridized carbons (Fsp3) is 0.429. The molecule has 4 heteroatoms. The maximum Gasteiger partial charge on any atom is 0.245 e. The van der Waals surface area contributed by atoms with Crippen molar-refractivity contribution in [2.45, 2.75) is 39.3 Å². The summed E-state index contributed by atoms with van der Waals surface area (Å²) < 4.78 is 0. The molecule has 0 atom stereocenters. The van der Waals surface area contributed by atoms with Crippen LogP contribution < -0.4 is 0 Å². The predicted octanol–water partition coefficient (Wildman–Crippen LogP) is 1.96. The summed E-state index contributed by atoms with van der Waals surface area (Å²) in [4.78, 5) is 23.5. The first-order chi connectivity index (χ1) is 8.42. The van der Waals surface area contributed by atoms with Crippen LogP contribution in [0.3, 0.4) is 0 Å². The molecule has 2 amide bonds. The molecule has 2 rings (SSSR count). The number of hydrogen-bond acceptors (Lipinski definition) is 3. The Balaban J connectivity index is 2.28. The molecule has 1 aromatic carbocycles. The molecule has 0 aromatic heterocycles. The second-order valence-corrected chi connectivity index (χ2v) is 5.26. The predicted molar refractivity (Wildman–Crippen MR) is 68.2 cm³/mol. The van der Waals surface area contributed by atoms with Crippen molar-refractivity contribution in [1.82, 2.24) is 10.0 Å². The second kappa shape index (κ2) is 4.53. The highest BCUT2D eigenvalue weighted by atomic mass is 16.2. The van der Waals surface area contributed by atoms with Crippen LogP contribution in [0, 0.1) is 0 Å². The number of imide groups is 1. The van der Waals surface area contributed by atoms with Gasteiger partial charge in [0.15, 0.2) is 0 Å². The lowest BCUT2D eigenvalue weighted by Crippen LogP contribution is -2.48. The minimum absolute atomic E-state index is 0.122. The Kier molecular flexibility index (Phi) is 3.22. The lowest BCUT2D eigenvalue weighted by atomic mass is 10.0. The number of benzene rings is 1. The first-order valence-corrected chi connectivity index (χ1v) is 6.07. The lowest BCUT2D eigenvalue weighted by molar-refractivity contribution is -0.159. The molecule has 0 radical (unpaired) electrons. The number of carbonyl (C=O) groups is 2. The van der Waals surface area contributed by atoms with Gasteiger partial charge in [-0.1, -0.05) is 30.3 Å². The summed E-state index contributed by atoms with van der Waals surface area (Å²) in [6.45, 7) is 5.96. The van der Waals surface area contributed by atoms with Crippen LogP contribution >= 0.6 is 0 Å². The molecule has 4 nitrogen and oxygen atoms in total. The third-order valence-electron chi connectivity index (χ3n) is 3.23. The van der Waals surface area contributed by atoms with Crippen molar-refractivity contribution in [3.63, 3.8) is 0 Å². The van der Waals surface area contributed by atoms with E-state index in [2.05, 4.69) is 0 Å². The summed E-state index contributed by atoms with van der Waals surface area (Å²) in [7, 11) is 0. The number of rotatable bonds is 2. The van der Waals surface area contributed by atoms with Crippen LogP contribution in [-0.4, -0.2) is 27.4 Å². The fourth-order valence-corrected chi connectivity index (χ4v) is 2.33. The van der Waals surface area contributed by atoms with Crippen LogP contribution in [0.1, 0.15) is 32.8 Å². The number of nitrogens with zero attached hydrogens (tertiary/aromatic N) is 2. The first-order valence-electron chi connectivity index (χ1n) is 6.07. The average molecular weight is 246 g/mol. The van der Waals surface area contributed by atoms with Gasteiger partial charge in [-0.3, -0.25) is 9.59 Å². The second-order valence-electron chi connectivity index (χ2n) is 5.26. The molecular formula is C14H18N2O2. The van der Waals surface area contributed by atoms with Gasteiger partial charge in [-0.2, -0.15) is 0 Å². The highest BCUT2D eigenvalue weighted by Crippen LogP contribution is 2.31. The zero-order valence-corrected chi connectivity index (χ0v) is 11.0. The van der Waals surface area contributed by atoms with E-state index in [1.54, 1.807) is 0 Å². The number of amides is 2. The molecule has 0 unspecified atom stereocenters. The third-order valence-corrected chi connectivity index (χ3v) is 3.23. The Hall–Kier alpha value is -1.68. The average Bonchev–Trinajstić information content (AvgIpc) is 2.50. The molecule has 0 bridgehead atoms. The molecule has 0 spiro atoms. The highest BCUT2D eigenvalue weighted by Gasteiger charge is 2.45. The number of hydrazine groups is 1. The van der Waals surface area contributed by atoms with E-state index in [0.717, 1.165) is 5.56 Å². The van der Waals surface area contributed by atoms with E-state index >= 15 is 0 Å². The van der Waals surface area contributed by atoms with Gasteiger partial charge < -0.3 is 0 Å². The summed E-state index contributed by atoms with van der Waals surface area (Å²) in [6.07, 6.45) is 0.374. The molecule has 0 saturated carbocycles. The fourth-order valence-electron chi connectivity index (χ4n) is 2.33. The van der Waals surface area contributed by atoms with E-state index in [9.17, 15) is 9.59 Å². The maximum atomic E-state index is 11.9. The quantitative estimate of drug-likeness (QED) is 0.801. The Morgan fingerprint density at radius 2 is 1.89 bits per heavy atom. The van der Waals surface area contributed by atoms with Gasteiger partial charge in [0.25, 0.3) is 0 Å².